The Morgan fingerprint density at radius 2 is 1.72 bits per heavy atom. The van der Waals surface area contributed by atoms with Crippen molar-refractivity contribution in [2.45, 2.75) is 19.3 Å². The van der Waals surface area contributed by atoms with Gasteiger partial charge >= 0.3 is 0 Å². The normalized spacial score (nSPS) is 14.3. The summed E-state index contributed by atoms with van der Waals surface area (Å²) >= 11 is 6.16. The van der Waals surface area contributed by atoms with Crippen molar-refractivity contribution < 1.29 is 14.3 Å². The van der Waals surface area contributed by atoms with Crippen LogP contribution in [0.2, 0.25) is 5.15 Å². The average molecular weight is 452 g/mol. The number of hydrogen-bond donors (Lipinski definition) is 0. The number of aromatic nitrogens is 1. The topological polar surface area (TPSA) is 62.7 Å². The molecule has 0 spiro atoms. The molecule has 3 aromatic rings. The zero-order chi connectivity index (χ0) is 22.5. The van der Waals surface area contributed by atoms with Crippen molar-refractivity contribution in [3.63, 3.8) is 0 Å². The molecule has 0 atom stereocenters. The first-order chi connectivity index (χ1) is 15.5. The van der Waals surface area contributed by atoms with Crippen LogP contribution in [0.15, 0.2) is 54.6 Å². The number of fused-ring (bicyclic) bond motifs is 1. The SMILES string of the molecule is COc1ccc(CCC(=O)N2CCCN(C(=O)c3cc(Cl)nc4ccccc34)CC2)cc1. The number of rotatable bonds is 5. The molecule has 1 aliphatic rings. The van der Waals surface area contributed by atoms with Gasteiger partial charge in [0.1, 0.15) is 10.9 Å². The second kappa shape index (κ2) is 10.0. The number of halogens is 1. The number of para-hydroxylation sites is 1. The van der Waals surface area contributed by atoms with Gasteiger partial charge in [0.25, 0.3) is 5.91 Å². The lowest BCUT2D eigenvalue weighted by molar-refractivity contribution is -0.131. The molecule has 0 N–H and O–H groups in total. The Labute approximate surface area is 192 Å². The Bertz CT molecular complexity index is 1120. The van der Waals surface area contributed by atoms with Crippen LogP contribution in [-0.4, -0.2) is 59.9 Å². The third kappa shape index (κ3) is 5.02. The molecule has 0 aliphatic carbocycles. The van der Waals surface area contributed by atoms with Crippen LogP contribution >= 0.6 is 11.6 Å². The van der Waals surface area contributed by atoms with Gasteiger partial charge in [-0.15, -0.1) is 0 Å². The molecule has 166 valence electrons. The second-order valence-electron chi connectivity index (χ2n) is 7.88. The van der Waals surface area contributed by atoms with Gasteiger partial charge in [0.05, 0.1) is 18.2 Å². The minimum atomic E-state index is -0.0713. The summed E-state index contributed by atoms with van der Waals surface area (Å²) in [6, 6.07) is 16.9. The van der Waals surface area contributed by atoms with Gasteiger partial charge in [0.2, 0.25) is 5.91 Å². The van der Waals surface area contributed by atoms with Crippen LogP contribution in [0, 0.1) is 0 Å². The van der Waals surface area contributed by atoms with Crippen molar-refractivity contribution in [2.75, 3.05) is 33.3 Å². The lowest BCUT2D eigenvalue weighted by atomic mass is 10.1. The molecule has 2 heterocycles. The Morgan fingerprint density at radius 3 is 2.50 bits per heavy atom. The molecule has 4 rings (SSSR count). The summed E-state index contributed by atoms with van der Waals surface area (Å²) < 4.78 is 5.18. The smallest absolute Gasteiger partial charge is 0.254 e. The number of nitrogens with zero attached hydrogens (tertiary/aromatic N) is 3. The molecule has 7 heteroatoms. The van der Waals surface area contributed by atoms with E-state index in [9.17, 15) is 9.59 Å². The number of hydrogen-bond acceptors (Lipinski definition) is 4. The van der Waals surface area contributed by atoms with Crippen LogP contribution in [0.1, 0.15) is 28.8 Å². The van der Waals surface area contributed by atoms with Gasteiger partial charge in [-0.1, -0.05) is 41.9 Å². The lowest BCUT2D eigenvalue weighted by Gasteiger charge is -2.23. The molecule has 6 nitrogen and oxygen atoms in total. The van der Waals surface area contributed by atoms with Crippen molar-refractivity contribution in [3.05, 3.63) is 70.9 Å². The summed E-state index contributed by atoms with van der Waals surface area (Å²) in [6.45, 7) is 2.30. The number of carbonyl (C=O) groups is 2. The lowest BCUT2D eigenvalue weighted by Crippen LogP contribution is -2.37. The van der Waals surface area contributed by atoms with Crippen molar-refractivity contribution in [3.8, 4) is 5.75 Å². The number of benzene rings is 2. The number of aryl methyl sites for hydroxylation is 1. The van der Waals surface area contributed by atoms with Crippen molar-refractivity contribution in [1.29, 1.82) is 0 Å². The quantitative estimate of drug-likeness (QED) is 0.545. The highest BCUT2D eigenvalue weighted by molar-refractivity contribution is 6.30. The van der Waals surface area contributed by atoms with E-state index in [2.05, 4.69) is 4.98 Å². The summed E-state index contributed by atoms with van der Waals surface area (Å²) in [6.07, 6.45) is 1.88. The van der Waals surface area contributed by atoms with Gasteiger partial charge in [0, 0.05) is 38.0 Å². The largest absolute Gasteiger partial charge is 0.497 e. The maximum Gasteiger partial charge on any atom is 0.254 e. The Kier molecular flexibility index (Phi) is 6.90. The van der Waals surface area contributed by atoms with E-state index in [0.29, 0.717) is 55.3 Å². The highest BCUT2D eigenvalue weighted by Gasteiger charge is 2.24. The summed E-state index contributed by atoms with van der Waals surface area (Å²) in [5.41, 5.74) is 2.36. The van der Waals surface area contributed by atoms with Crippen molar-refractivity contribution in [1.82, 2.24) is 14.8 Å². The first kappa shape index (κ1) is 22.1. The Hall–Kier alpha value is -3.12. The third-order valence-electron chi connectivity index (χ3n) is 5.84. The first-order valence-corrected chi connectivity index (χ1v) is 11.2. The summed E-state index contributed by atoms with van der Waals surface area (Å²) in [4.78, 5) is 34.1. The average Bonchev–Trinajstić information content (AvgIpc) is 3.08. The van der Waals surface area contributed by atoms with E-state index in [1.807, 2.05) is 58.3 Å². The standard InChI is InChI=1S/C25H26ClN3O3/c1-32-19-10-7-18(8-11-19)9-12-24(30)28-13-4-14-29(16-15-28)25(31)21-17-23(26)27-22-6-3-2-5-20(21)22/h2-3,5-8,10-11,17H,4,9,12-16H2,1H3. The zero-order valence-electron chi connectivity index (χ0n) is 18.1. The number of methoxy groups -OCH3 is 1. The molecule has 1 fully saturated rings. The molecule has 2 aromatic carbocycles. The van der Waals surface area contributed by atoms with Gasteiger partial charge in [-0.05, 0) is 42.7 Å². The van der Waals surface area contributed by atoms with Crippen LogP contribution in [0.25, 0.3) is 10.9 Å². The number of carbonyl (C=O) groups excluding carboxylic acids is 2. The van der Waals surface area contributed by atoms with E-state index in [4.69, 9.17) is 16.3 Å². The molecule has 1 saturated heterocycles. The summed E-state index contributed by atoms with van der Waals surface area (Å²) in [5.74, 6) is 0.853. The molecule has 0 bridgehead atoms. The minimum absolute atomic E-state index is 0.0713. The van der Waals surface area contributed by atoms with Gasteiger partial charge < -0.3 is 14.5 Å². The molecular formula is C25H26ClN3O3. The fourth-order valence-electron chi connectivity index (χ4n) is 4.06. The van der Waals surface area contributed by atoms with Crippen LogP contribution in [0.5, 0.6) is 5.75 Å². The monoisotopic (exact) mass is 451 g/mol. The van der Waals surface area contributed by atoms with Gasteiger partial charge in [-0.2, -0.15) is 0 Å². The van der Waals surface area contributed by atoms with Crippen molar-refractivity contribution in [2.24, 2.45) is 0 Å². The fraction of sp³-hybridized carbons (Fsp3) is 0.320. The van der Waals surface area contributed by atoms with E-state index < -0.39 is 0 Å². The molecule has 0 saturated carbocycles. The van der Waals surface area contributed by atoms with Crippen LogP contribution in [0.3, 0.4) is 0 Å². The van der Waals surface area contributed by atoms with Gasteiger partial charge in [-0.25, -0.2) is 4.98 Å². The Morgan fingerprint density at radius 1 is 1.00 bits per heavy atom. The zero-order valence-corrected chi connectivity index (χ0v) is 18.8. The Balaban J connectivity index is 1.38. The van der Waals surface area contributed by atoms with E-state index in [-0.39, 0.29) is 11.8 Å². The first-order valence-electron chi connectivity index (χ1n) is 10.8. The number of ether oxygens (including phenoxy) is 1. The number of pyridine rings is 1. The van der Waals surface area contributed by atoms with E-state index in [0.717, 1.165) is 23.1 Å². The highest BCUT2D eigenvalue weighted by Crippen LogP contribution is 2.23. The molecule has 1 aromatic heterocycles. The maximum absolute atomic E-state index is 13.3. The summed E-state index contributed by atoms with van der Waals surface area (Å²) in [5, 5.41) is 1.09. The molecule has 2 amide bonds. The molecule has 32 heavy (non-hydrogen) atoms. The van der Waals surface area contributed by atoms with Gasteiger partial charge in [0.15, 0.2) is 0 Å². The molecule has 1 aliphatic heterocycles. The fourth-order valence-corrected chi connectivity index (χ4v) is 4.26. The van der Waals surface area contributed by atoms with Crippen LogP contribution in [0.4, 0.5) is 0 Å². The maximum atomic E-state index is 13.3. The van der Waals surface area contributed by atoms with E-state index in [1.54, 1.807) is 13.2 Å². The van der Waals surface area contributed by atoms with Crippen molar-refractivity contribution >= 4 is 34.3 Å². The molecule has 0 radical (unpaired) electrons. The third-order valence-corrected chi connectivity index (χ3v) is 6.03. The van der Waals surface area contributed by atoms with Crippen LogP contribution < -0.4 is 4.74 Å². The van der Waals surface area contributed by atoms with E-state index >= 15 is 0 Å². The predicted octanol–water partition coefficient (Wildman–Crippen LogP) is 4.20. The van der Waals surface area contributed by atoms with Gasteiger partial charge in [-0.3, -0.25) is 9.59 Å². The molecular weight excluding hydrogens is 426 g/mol. The van der Waals surface area contributed by atoms with E-state index in [1.165, 1.54) is 0 Å². The predicted molar refractivity (Wildman–Crippen MR) is 125 cm³/mol. The number of amides is 2. The minimum Gasteiger partial charge on any atom is -0.497 e. The summed E-state index contributed by atoms with van der Waals surface area (Å²) in [7, 11) is 1.64. The highest BCUT2D eigenvalue weighted by atomic mass is 35.5. The molecule has 0 unspecified atom stereocenters. The second-order valence-corrected chi connectivity index (χ2v) is 8.27. The van der Waals surface area contributed by atoms with Crippen LogP contribution in [-0.2, 0) is 11.2 Å².